The molecule has 5 aliphatic rings. The predicted octanol–water partition coefficient (Wildman–Crippen LogP) is 3.32. The fraction of sp³-hybridized carbons (Fsp3) is 0.789. The highest BCUT2D eigenvalue weighted by Gasteiger charge is 2.55. The highest BCUT2D eigenvalue weighted by atomic mass is 35.5. The first-order valence-electron chi connectivity index (χ1n) is 9.79. The molecule has 6 heteroatoms. The van der Waals surface area contributed by atoms with Gasteiger partial charge < -0.3 is 10.4 Å². The summed E-state index contributed by atoms with van der Waals surface area (Å²) < 4.78 is 1.84. The van der Waals surface area contributed by atoms with E-state index in [-0.39, 0.29) is 11.9 Å². The minimum absolute atomic E-state index is 0.0984. The van der Waals surface area contributed by atoms with Crippen molar-refractivity contribution in [2.45, 2.75) is 75.5 Å². The van der Waals surface area contributed by atoms with Crippen LogP contribution in [0.25, 0.3) is 0 Å². The van der Waals surface area contributed by atoms with E-state index in [4.69, 9.17) is 11.6 Å². The van der Waals surface area contributed by atoms with Crippen LogP contribution in [0, 0.1) is 17.8 Å². The molecule has 25 heavy (non-hydrogen) atoms. The molecular formula is C19H26ClN3O2. The van der Waals surface area contributed by atoms with Gasteiger partial charge in [-0.15, -0.1) is 0 Å². The van der Waals surface area contributed by atoms with Crippen molar-refractivity contribution in [1.82, 2.24) is 15.1 Å². The summed E-state index contributed by atoms with van der Waals surface area (Å²) in [4.78, 5) is 12.9. The molecule has 5 nitrogen and oxygen atoms in total. The maximum Gasteiger partial charge on any atom is 0.256 e. The summed E-state index contributed by atoms with van der Waals surface area (Å²) in [6.45, 7) is 0. The van der Waals surface area contributed by atoms with Gasteiger partial charge in [-0.3, -0.25) is 9.48 Å². The Morgan fingerprint density at radius 2 is 1.92 bits per heavy atom. The van der Waals surface area contributed by atoms with Crippen LogP contribution in [-0.4, -0.2) is 32.4 Å². The molecular weight excluding hydrogens is 338 g/mol. The molecule has 0 aromatic carbocycles. The Labute approximate surface area is 153 Å². The number of rotatable bonds is 3. The predicted molar refractivity (Wildman–Crippen MR) is 94.5 cm³/mol. The fourth-order valence-electron chi connectivity index (χ4n) is 6.35. The highest BCUT2D eigenvalue weighted by molar-refractivity contribution is 6.32. The number of aliphatic hydroxyl groups is 1. The number of aromatic nitrogens is 2. The molecule has 1 aromatic heterocycles. The molecule has 0 saturated heterocycles. The van der Waals surface area contributed by atoms with Crippen molar-refractivity contribution in [3.63, 3.8) is 0 Å². The van der Waals surface area contributed by atoms with Crippen molar-refractivity contribution in [3.8, 4) is 0 Å². The lowest BCUT2D eigenvalue weighted by atomic mass is 9.52. The number of carbonyl (C=O) groups is 1. The van der Waals surface area contributed by atoms with E-state index in [1.165, 1.54) is 12.8 Å². The van der Waals surface area contributed by atoms with Crippen LogP contribution in [0.5, 0.6) is 0 Å². The van der Waals surface area contributed by atoms with Crippen molar-refractivity contribution in [3.05, 3.63) is 16.9 Å². The average Bonchev–Trinajstić information content (AvgIpc) is 3.18. The van der Waals surface area contributed by atoms with Crippen molar-refractivity contribution in [1.29, 1.82) is 0 Å². The molecule has 2 N–H and O–H groups in total. The van der Waals surface area contributed by atoms with Crippen LogP contribution in [0.15, 0.2) is 6.20 Å². The van der Waals surface area contributed by atoms with Gasteiger partial charge in [-0.25, -0.2) is 0 Å². The van der Waals surface area contributed by atoms with Gasteiger partial charge in [0.2, 0.25) is 0 Å². The molecule has 5 saturated carbocycles. The topological polar surface area (TPSA) is 67.2 Å². The van der Waals surface area contributed by atoms with Crippen LogP contribution in [0.1, 0.15) is 74.2 Å². The molecule has 6 rings (SSSR count). The largest absolute Gasteiger partial charge is 0.390 e. The zero-order chi connectivity index (χ0) is 17.2. The SMILES string of the molecule is O=C(NC1[C@H]2CC3C[C@H]1CC(O)(C3)C2)c1cnn(C2CCCC2)c1Cl. The summed E-state index contributed by atoms with van der Waals surface area (Å²) in [5.41, 5.74) is 0.0315. The third-order valence-corrected chi connectivity index (χ3v) is 7.57. The van der Waals surface area contributed by atoms with Gasteiger partial charge >= 0.3 is 0 Å². The molecule has 5 fully saturated rings. The number of nitrogens with one attached hydrogen (secondary N) is 1. The summed E-state index contributed by atoms with van der Waals surface area (Å²) in [5.74, 6) is 1.36. The van der Waals surface area contributed by atoms with Gasteiger partial charge in [-0.2, -0.15) is 5.10 Å². The number of halogens is 1. The Hall–Kier alpha value is -1.07. The second kappa shape index (κ2) is 5.71. The second-order valence-corrected chi connectivity index (χ2v) is 9.28. The molecule has 1 amide bonds. The summed E-state index contributed by atoms with van der Waals surface area (Å²) in [6.07, 6.45) is 11.1. The van der Waals surface area contributed by atoms with Crippen molar-refractivity contribution < 1.29 is 9.90 Å². The van der Waals surface area contributed by atoms with Gasteiger partial charge in [-0.05, 0) is 62.7 Å². The molecule has 1 heterocycles. The monoisotopic (exact) mass is 363 g/mol. The smallest absolute Gasteiger partial charge is 0.256 e. The lowest BCUT2D eigenvalue weighted by molar-refractivity contribution is -0.136. The average molecular weight is 364 g/mol. The van der Waals surface area contributed by atoms with Gasteiger partial charge in [-0.1, -0.05) is 24.4 Å². The number of hydrogen-bond donors (Lipinski definition) is 2. The van der Waals surface area contributed by atoms with Gasteiger partial charge in [0.15, 0.2) is 0 Å². The van der Waals surface area contributed by atoms with Crippen LogP contribution in [0.2, 0.25) is 5.15 Å². The molecule has 0 unspecified atom stereocenters. The Kier molecular flexibility index (Phi) is 3.69. The van der Waals surface area contributed by atoms with Crippen LogP contribution < -0.4 is 5.32 Å². The normalized spacial score (nSPS) is 39.9. The molecule has 5 aliphatic carbocycles. The molecule has 136 valence electrons. The van der Waals surface area contributed by atoms with Crippen LogP contribution in [0.3, 0.4) is 0 Å². The Morgan fingerprint density at radius 1 is 1.24 bits per heavy atom. The maximum absolute atomic E-state index is 12.9. The minimum atomic E-state index is -0.470. The van der Waals surface area contributed by atoms with Crippen molar-refractivity contribution >= 4 is 17.5 Å². The van der Waals surface area contributed by atoms with Gasteiger partial charge in [0.05, 0.1) is 23.4 Å². The first kappa shape index (κ1) is 16.1. The first-order chi connectivity index (χ1) is 12.0. The third-order valence-electron chi connectivity index (χ3n) is 7.19. The van der Waals surface area contributed by atoms with Gasteiger partial charge in [0.1, 0.15) is 5.15 Å². The lowest BCUT2D eigenvalue weighted by Crippen LogP contribution is -2.61. The quantitative estimate of drug-likeness (QED) is 0.865. The molecule has 0 spiro atoms. The lowest BCUT2D eigenvalue weighted by Gasteiger charge is -2.58. The zero-order valence-electron chi connectivity index (χ0n) is 14.5. The van der Waals surface area contributed by atoms with E-state index in [1.54, 1.807) is 6.20 Å². The molecule has 2 atom stereocenters. The summed E-state index contributed by atoms with van der Waals surface area (Å²) in [6, 6.07) is 0.514. The number of nitrogens with zero attached hydrogens (tertiary/aromatic N) is 2. The van der Waals surface area contributed by atoms with E-state index in [2.05, 4.69) is 10.4 Å². The Bertz CT molecular complexity index is 681. The van der Waals surface area contributed by atoms with Crippen LogP contribution in [-0.2, 0) is 0 Å². The summed E-state index contributed by atoms with van der Waals surface area (Å²) >= 11 is 6.49. The zero-order valence-corrected chi connectivity index (χ0v) is 15.2. The molecule has 0 radical (unpaired) electrons. The van der Waals surface area contributed by atoms with E-state index in [0.29, 0.717) is 34.5 Å². The molecule has 1 aromatic rings. The maximum atomic E-state index is 12.9. The van der Waals surface area contributed by atoms with Gasteiger partial charge in [0.25, 0.3) is 5.91 Å². The number of carbonyl (C=O) groups excluding carboxylic acids is 1. The van der Waals surface area contributed by atoms with Crippen molar-refractivity contribution in [2.75, 3.05) is 0 Å². The van der Waals surface area contributed by atoms with E-state index >= 15 is 0 Å². The van der Waals surface area contributed by atoms with Crippen LogP contribution >= 0.6 is 11.6 Å². The van der Waals surface area contributed by atoms with Gasteiger partial charge in [0, 0.05) is 6.04 Å². The number of hydrogen-bond acceptors (Lipinski definition) is 3. The van der Waals surface area contributed by atoms with E-state index in [9.17, 15) is 9.90 Å². The molecule has 0 aliphatic heterocycles. The summed E-state index contributed by atoms with van der Waals surface area (Å²) in [7, 11) is 0. The third kappa shape index (κ3) is 2.62. The van der Waals surface area contributed by atoms with E-state index in [0.717, 1.165) is 44.9 Å². The Morgan fingerprint density at radius 3 is 2.56 bits per heavy atom. The fourth-order valence-corrected chi connectivity index (χ4v) is 6.67. The standard InChI is InChI=1S/C19H26ClN3O2/c20-17-15(10-21-23(17)14-3-1-2-4-14)18(24)22-16-12-5-11-6-13(16)9-19(25,7-11)8-12/h10-14,16,25H,1-9H2,(H,22,24)/t11?,12-,13-,16?,19?/m0/s1. The van der Waals surface area contributed by atoms with Crippen molar-refractivity contribution in [2.24, 2.45) is 17.8 Å². The first-order valence-corrected chi connectivity index (χ1v) is 10.2. The number of amides is 1. The molecule has 4 bridgehead atoms. The Balaban J connectivity index is 1.33. The summed E-state index contributed by atoms with van der Waals surface area (Å²) in [5, 5.41) is 18.8. The second-order valence-electron chi connectivity index (χ2n) is 8.93. The highest BCUT2D eigenvalue weighted by Crippen LogP contribution is 2.55. The van der Waals surface area contributed by atoms with E-state index < -0.39 is 5.60 Å². The van der Waals surface area contributed by atoms with Crippen LogP contribution in [0.4, 0.5) is 0 Å². The van der Waals surface area contributed by atoms with E-state index in [1.807, 2.05) is 4.68 Å². The minimum Gasteiger partial charge on any atom is -0.390 e.